The van der Waals surface area contributed by atoms with Crippen LogP contribution in [-0.4, -0.2) is 47.9 Å². The summed E-state index contributed by atoms with van der Waals surface area (Å²) in [6.07, 6.45) is 7.44. The quantitative estimate of drug-likeness (QED) is 0.664. The first-order valence-electron chi connectivity index (χ1n) is 9.57. The number of piperidine rings is 1. The van der Waals surface area contributed by atoms with Crippen LogP contribution < -0.4 is 4.72 Å². The molecule has 1 fully saturated rings. The number of fused-ring (bicyclic) bond motifs is 1. The summed E-state index contributed by atoms with van der Waals surface area (Å²) in [4.78, 5) is 14.6. The van der Waals surface area contributed by atoms with E-state index in [2.05, 4.69) is 24.6 Å². The molecule has 2 aromatic heterocycles. The Morgan fingerprint density at radius 3 is 2.82 bits per heavy atom. The van der Waals surface area contributed by atoms with Gasteiger partial charge in [-0.2, -0.15) is 0 Å². The zero-order valence-electron chi connectivity index (χ0n) is 15.9. The number of aromatic amines is 1. The van der Waals surface area contributed by atoms with Crippen LogP contribution in [0.4, 0.5) is 0 Å². The third-order valence-corrected chi connectivity index (χ3v) is 6.72. The predicted octanol–water partition coefficient (Wildman–Crippen LogP) is 2.46. The lowest BCUT2D eigenvalue weighted by atomic mass is 9.98. The summed E-state index contributed by atoms with van der Waals surface area (Å²) in [5, 5.41) is 0. The van der Waals surface area contributed by atoms with Crippen LogP contribution >= 0.6 is 0 Å². The average Bonchev–Trinajstić information content (AvgIpc) is 3.10. The number of benzene rings is 1. The molecule has 1 saturated heterocycles. The van der Waals surface area contributed by atoms with Crippen LogP contribution in [0.25, 0.3) is 11.2 Å². The third-order valence-electron chi connectivity index (χ3n) is 5.28. The van der Waals surface area contributed by atoms with E-state index in [-0.39, 0.29) is 0 Å². The predicted molar refractivity (Wildman–Crippen MR) is 108 cm³/mol. The molecule has 1 atom stereocenters. The molecule has 1 aliphatic rings. The number of nitrogens with one attached hydrogen (secondary N) is 2. The van der Waals surface area contributed by atoms with E-state index in [9.17, 15) is 8.42 Å². The number of hydrogen-bond donors (Lipinski definition) is 2. The molecule has 28 heavy (non-hydrogen) atoms. The minimum Gasteiger partial charge on any atom is -0.344 e. The summed E-state index contributed by atoms with van der Waals surface area (Å²) in [7, 11) is -3.46. The highest BCUT2D eigenvalue weighted by Crippen LogP contribution is 2.21. The minimum absolute atomic E-state index is 0.297. The summed E-state index contributed by atoms with van der Waals surface area (Å²) in [6, 6.07) is 6.95. The topological polar surface area (TPSA) is 91.0 Å². The van der Waals surface area contributed by atoms with Crippen LogP contribution in [-0.2, 0) is 16.6 Å². The molecule has 0 aliphatic carbocycles. The number of nitrogens with zero attached hydrogens (tertiary/aromatic N) is 3. The van der Waals surface area contributed by atoms with Crippen molar-refractivity contribution in [2.75, 3.05) is 19.6 Å². The van der Waals surface area contributed by atoms with Crippen LogP contribution in [0.2, 0.25) is 0 Å². The Hall–Kier alpha value is -2.29. The summed E-state index contributed by atoms with van der Waals surface area (Å²) in [6.45, 7) is 5.07. The van der Waals surface area contributed by atoms with E-state index < -0.39 is 10.0 Å². The van der Waals surface area contributed by atoms with Crippen molar-refractivity contribution in [3.63, 3.8) is 0 Å². The summed E-state index contributed by atoms with van der Waals surface area (Å²) < 4.78 is 27.8. The van der Waals surface area contributed by atoms with E-state index >= 15 is 0 Å². The average molecular weight is 400 g/mol. The monoisotopic (exact) mass is 399 g/mol. The van der Waals surface area contributed by atoms with E-state index in [1.165, 1.54) is 0 Å². The van der Waals surface area contributed by atoms with Crippen molar-refractivity contribution in [3.8, 4) is 0 Å². The fourth-order valence-electron chi connectivity index (χ4n) is 3.75. The Labute approximate surface area is 165 Å². The fourth-order valence-corrected chi connectivity index (χ4v) is 4.87. The molecule has 148 valence electrons. The maximum atomic E-state index is 12.5. The van der Waals surface area contributed by atoms with Gasteiger partial charge in [-0.15, -0.1) is 0 Å². The minimum atomic E-state index is -3.46. The molecular weight excluding hydrogens is 374 g/mol. The lowest BCUT2D eigenvalue weighted by molar-refractivity contribution is 0.169. The maximum absolute atomic E-state index is 12.5. The number of likely N-dealkylation sites (tertiary alicyclic amines) is 1. The van der Waals surface area contributed by atoms with Crippen molar-refractivity contribution >= 4 is 21.2 Å². The van der Waals surface area contributed by atoms with Gasteiger partial charge < -0.3 is 4.98 Å². The second-order valence-corrected chi connectivity index (χ2v) is 9.24. The fraction of sp³-hybridized carbons (Fsp3) is 0.400. The lowest BCUT2D eigenvalue weighted by Crippen LogP contribution is -2.40. The van der Waals surface area contributed by atoms with Gasteiger partial charge in [0.25, 0.3) is 0 Å². The third kappa shape index (κ3) is 4.24. The van der Waals surface area contributed by atoms with Gasteiger partial charge in [0.15, 0.2) is 5.65 Å². The molecule has 1 aliphatic heterocycles. The highest BCUT2D eigenvalue weighted by molar-refractivity contribution is 7.89. The Kier molecular flexibility index (Phi) is 5.43. The van der Waals surface area contributed by atoms with Gasteiger partial charge in [0.2, 0.25) is 10.0 Å². The molecule has 1 unspecified atom stereocenters. The first-order valence-corrected chi connectivity index (χ1v) is 11.1. The van der Waals surface area contributed by atoms with E-state index in [0.29, 0.717) is 17.4 Å². The molecule has 4 rings (SSSR count). The van der Waals surface area contributed by atoms with Crippen molar-refractivity contribution in [1.29, 1.82) is 0 Å². The van der Waals surface area contributed by atoms with Gasteiger partial charge in [0, 0.05) is 43.8 Å². The molecular formula is C20H25N5O2S. The largest absolute Gasteiger partial charge is 0.344 e. The van der Waals surface area contributed by atoms with Crippen LogP contribution in [0.15, 0.2) is 47.8 Å². The van der Waals surface area contributed by atoms with Crippen LogP contribution in [0, 0.1) is 12.8 Å². The van der Waals surface area contributed by atoms with Crippen molar-refractivity contribution in [1.82, 2.24) is 24.6 Å². The van der Waals surface area contributed by atoms with E-state index in [1.807, 2.05) is 25.3 Å². The lowest BCUT2D eigenvalue weighted by Gasteiger charge is -2.32. The van der Waals surface area contributed by atoms with Crippen molar-refractivity contribution in [3.05, 3.63) is 54.0 Å². The van der Waals surface area contributed by atoms with Gasteiger partial charge in [-0.3, -0.25) is 9.88 Å². The molecule has 1 aromatic carbocycles. The number of H-pyrrole nitrogens is 1. The SMILES string of the molecule is Cc1ccc(S(=O)(=O)NCC2CCCN(Cc3c[nH]c4nccnc34)C2)cc1. The Morgan fingerprint density at radius 1 is 1.21 bits per heavy atom. The Morgan fingerprint density at radius 2 is 2.00 bits per heavy atom. The van der Waals surface area contributed by atoms with Crippen LogP contribution in [0.1, 0.15) is 24.0 Å². The highest BCUT2D eigenvalue weighted by Gasteiger charge is 2.23. The molecule has 0 saturated carbocycles. The number of hydrogen-bond acceptors (Lipinski definition) is 5. The molecule has 0 bridgehead atoms. The van der Waals surface area contributed by atoms with E-state index in [4.69, 9.17) is 0 Å². The number of sulfonamides is 1. The van der Waals surface area contributed by atoms with Gasteiger partial charge >= 0.3 is 0 Å². The first-order chi connectivity index (χ1) is 13.5. The molecule has 0 radical (unpaired) electrons. The number of aryl methyl sites for hydroxylation is 1. The van der Waals surface area contributed by atoms with Gasteiger partial charge in [-0.25, -0.2) is 18.1 Å². The van der Waals surface area contributed by atoms with Gasteiger partial charge in [0.05, 0.1) is 4.90 Å². The molecule has 7 nitrogen and oxygen atoms in total. The Bertz CT molecular complexity index is 1050. The van der Waals surface area contributed by atoms with E-state index in [1.54, 1.807) is 24.5 Å². The second-order valence-electron chi connectivity index (χ2n) is 7.48. The summed E-state index contributed by atoms with van der Waals surface area (Å²) in [5.41, 5.74) is 3.88. The normalized spacial score (nSPS) is 18.5. The maximum Gasteiger partial charge on any atom is 0.240 e. The summed E-state index contributed by atoms with van der Waals surface area (Å²) in [5.74, 6) is 0.297. The molecule has 0 amide bonds. The van der Waals surface area contributed by atoms with E-state index in [0.717, 1.165) is 54.8 Å². The molecule has 8 heteroatoms. The highest BCUT2D eigenvalue weighted by atomic mass is 32.2. The van der Waals surface area contributed by atoms with Gasteiger partial charge in [-0.1, -0.05) is 17.7 Å². The molecule has 3 aromatic rings. The van der Waals surface area contributed by atoms with Crippen molar-refractivity contribution in [2.45, 2.75) is 31.2 Å². The number of aromatic nitrogens is 3. The van der Waals surface area contributed by atoms with Gasteiger partial charge in [-0.05, 0) is 44.4 Å². The Balaban J connectivity index is 1.37. The standard InChI is InChI=1S/C20H25N5O2S/c1-15-4-6-18(7-5-15)28(26,27)24-11-16-3-2-10-25(13-16)14-17-12-23-20-19(17)21-8-9-22-20/h4-9,12,16,24H,2-3,10-11,13-14H2,1H3,(H,22,23). The zero-order valence-corrected chi connectivity index (χ0v) is 16.7. The zero-order chi connectivity index (χ0) is 19.6. The van der Waals surface area contributed by atoms with Crippen LogP contribution in [0.3, 0.4) is 0 Å². The summed E-state index contributed by atoms with van der Waals surface area (Å²) >= 11 is 0. The first kappa shape index (κ1) is 19.0. The van der Waals surface area contributed by atoms with Crippen LogP contribution in [0.5, 0.6) is 0 Å². The number of rotatable bonds is 6. The molecule has 0 spiro atoms. The smallest absolute Gasteiger partial charge is 0.240 e. The van der Waals surface area contributed by atoms with Gasteiger partial charge in [0.1, 0.15) is 5.52 Å². The van der Waals surface area contributed by atoms with Crippen molar-refractivity contribution in [2.24, 2.45) is 5.92 Å². The molecule has 3 heterocycles. The van der Waals surface area contributed by atoms with Crippen molar-refractivity contribution < 1.29 is 8.42 Å². The molecule has 2 N–H and O–H groups in total. The second kappa shape index (κ2) is 7.98.